The van der Waals surface area contributed by atoms with Gasteiger partial charge in [0.25, 0.3) is 0 Å². The molecule has 0 unspecified atom stereocenters. The molecule has 0 aromatic rings. The second-order valence-corrected chi connectivity index (χ2v) is 13.8. The van der Waals surface area contributed by atoms with Gasteiger partial charge < -0.3 is 33.9 Å². The zero-order chi connectivity index (χ0) is 32.5. The zero-order valence-corrected chi connectivity index (χ0v) is 27.5. The van der Waals surface area contributed by atoms with Crippen LogP contribution in [0.5, 0.6) is 0 Å². The van der Waals surface area contributed by atoms with Crippen molar-refractivity contribution in [2.75, 3.05) is 13.2 Å². The van der Waals surface area contributed by atoms with Crippen LogP contribution >= 0.6 is 0 Å². The van der Waals surface area contributed by atoms with E-state index in [0.717, 1.165) is 12.8 Å². The Bertz CT molecular complexity index is 1290. The molecular formula is C36H50O9. The van der Waals surface area contributed by atoms with Crippen LogP contribution in [0.15, 0.2) is 58.7 Å². The number of allylic oxidation sites excluding steroid dienone is 5. The number of carbonyl (C=O) groups is 2. The summed E-state index contributed by atoms with van der Waals surface area (Å²) in [5.74, 6) is -2.59. The van der Waals surface area contributed by atoms with Crippen molar-refractivity contribution in [2.45, 2.75) is 122 Å². The van der Waals surface area contributed by atoms with Gasteiger partial charge in [-0.05, 0) is 69.9 Å². The van der Waals surface area contributed by atoms with Gasteiger partial charge in [0.15, 0.2) is 5.79 Å². The monoisotopic (exact) mass is 626 g/mol. The molecule has 4 aliphatic heterocycles. The van der Waals surface area contributed by atoms with Crippen LogP contribution < -0.4 is 0 Å². The lowest BCUT2D eigenvalue weighted by atomic mass is 9.70. The van der Waals surface area contributed by atoms with Crippen molar-refractivity contribution in [3.8, 4) is 0 Å². The number of carbonyl (C=O) groups excluding carboxylic acids is 2. The molecule has 1 spiro atoms. The van der Waals surface area contributed by atoms with E-state index in [1.54, 1.807) is 26.0 Å². The Kier molecular flexibility index (Phi) is 10.3. The molecule has 5 rings (SSSR count). The number of esters is 2. The van der Waals surface area contributed by atoms with E-state index < -0.39 is 47.6 Å². The first kappa shape index (κ1) is 33.8. The maximum Gasteiger partial charge on any atom is 0.333 e. The summed E-state index contributed by atoms with van der Waals surface area (Å²) in [6.07, 6.45) is 12.0. The van der Waals surface area contributed by atoms with Gasteiger partial charge >= 0.3 is 11.9 Å². The molecule has 248 valence electrons. The molecule has 10 atom stereocenters. The highest BCUT2D eigenvalue weighted by Gasteiger charge is 2.60. The first-order valence-corrected chi connectivity index (χ1v) is 16.5. The Morgan fingerprint density at radius 1 is 1.20 bits per heavy atom. The summed E-state index contributed by atoms with van der Waals surface area (Å²) in [6.45, 7) is 11.6. The van der Waals surface area contributed by atoms with E-state index in [1.165, 1.54) is 11.6 Å². The highest BCUT2D eigenvalue weighted by atomic mass is 16.7. The average molecular weight is 627 g/mol. The highest BCUT2D eigenvalue weighted by Crippen LogP contribution is 2.47. The number of aliphatic hydroxyl groups is 2. The van der Waals surface area contributed by atoms with Gasteiger partial charge in [-0.15, -0.1) is 0 Å². The van der Waals surface area contributed by atoms with Gasteiger partial charge in [-0.2, -0.15) is 0 Å². The normalized spacial score (nSPS) is 44.0. The number of fused-ring (bicyclic) bond motifs is 2. The third-order valence-corrected chi connectivity index (χ3v) is 10.3. The topological polar surface area (TPSA) is 121 Å². The molecule has 45 heavy (non-hydrogen) atoms. The van der Waals surface area contributed by atoms with Gasteiger partial charge in [0.05, 0.1) is 18.8 Å². The Morgan fingerprint density at radius 2 is 1.98 bits per heavy atom. The lowest BCUT2D eigenvalue weighted by Crippen LogP contribution is -2.58. The van der Waals surface area contributed by atoms with E-state index in [0.29, 0.717) is 42.7 Å². The van der Waals surface area contributed by atoms with E-state index in [-0.39, 0.29) is 36.9 Å². The van der Waals surface area contributed by atoms with Crippen molar-refractivity contribution < 1.29 is 43.5 Å². The molecule has 0 aromatic carbocycles. The maximum absolute atomic E-state index is 14.2. The third-order valence-electron chi connectivity index (χ3n) is 10.3. The predicted molar refractivity (Wildman–Crippen MR) is 168 cm³/mol. The van der Waals surface area contributed by atoms with E-state index in [2.05, 4.69) is 39.8 Å². The first-order chi connectivity index (χ1) is 21.3. The SMILES string of the molecule is C/C=C(\C)C(=O)OCC1=C[C@H]2C(=O)O[C@H]3C[C@@H](C/C=C(\C)C[C@@H](C)/C=C/C=C4\CO[C@H]([C@@H]1O)[C@@]42O)O[C@@]1(CC[C@H](C)[C@@H](C)O1)C3. The van der Waals surface area contributed by atoms with Crippen LogP contribution in [0.3, 0.4) is 0 Å². The molecule has 0 aromatic heterocycles. The minimum atomic E-state index is -1.85. The zero-order valence-electron chi connectivity index (χ0n) is 27.5. The summed E-state index contributed by atoms with van der Waals surface area (Å²) >= 11 is 0. The Morgan fingerprint density at radius 3 is 2.71 bits per heavy atom. The van der Waals surface area contributed by atoms with Crippen LogP contribution in [0, 0.1) is 17.8 Å². The van der Waals surface area contributed by atoms with Crippen LogP contribution in [0.4, 0.5) is 0 Å². The lowest BCUT2D eigenvalue weighted by molar-refractivity contribution is -0.332. The van der Waals surface area contributed by atoms with Crippen LogP contribution in [-0.4, -0.2) is 77.3 Å². The maximum atomic E-state index is 14.2. The molecule has 0 radical (unpaired) electrons. The smallest absolute Gasteiger partial charge is 0.333 e. The van der Waals surface area contributed by atoms with E-state index >= 15 is 0 Å². The van der Waals surface area contributed by atoms with Crippen molar-refractivity contribution in [2.24, 2.45) is 17.8 Å². The van der Waals surface area contributed by atoms with Gasteiger partial charge in [0, 0.05) is 24.8 Å². The number of hydrogen-bond donors (Lipinski definition) is 2. The number of ether oxygens (including phenoxy) is 5. The Hall–Kier alpha value is -2.56. The standard InChI is InChI=1S/C36H50O9/c1-7-23(4)33(38)42-19-26-16-30-34(39)43-29-17-28(45-35(18-29)14-13-24(5)25(6)44-35)12-11-22(3)15-21(2)9-8-10-27-20-41-32(31(26)37)36(27,30)40/h7-11,16,21,24-25,28-32,37,40H,12-15,17-20H2,1-6H3/b9-8+,22-11+,23-7+,27-10+/t21-,24-,25+,28+,29-,30-,31+,32+,35-,36+/m0/s1. The summed E-state index contributed by atoms with van der Waals surface area (Å²) in [7, 11) is 0. The largest absolute Gasteiger partial charge is 0.462 e. The fourth-order valence-corrected chi connectivity index (χ4v) is 7.27. The number of rotatable bonds is 3. The lowest BCUT2D eigenvalue weighted by Gasteiger charge is -2.49. The quantitative estimate of drug-likeness (QED) is 0.253. The molecular weight excluding hydrogens is 576 g/mol. The summed E-state index contributed by atoms with van der Waals surface area (Å²) in [4.78, 5) is 26.6. The summed E-state index contributed by atoms with van der Waals surface area (Å²) in [5.41, 5.74) is 0.581. The minimum Gasteiger partial charge on any atom is -0.462 e. The molecule has 9 nitrogen and oxygen atoms in total. The van der Waals surface area contributed by atoms with Gasteiger partial charge in [-0.25, -0.2) is 4.79 Å². The molecule has 1 aliphatic carbocycles. The average Bonchev–Trinajstić information content (AvgIpc) is 3.33. The van der Waals surface area contributed by atoms with Gasteiger partial charge in [-0.3, -0.25) is 4.79 Å². The Balaban J connectivity index is 1.51. The highest BCUT2D eigenvalue weighted by molar-refractivity contribution is 5.87. The van der Waals surface area contributed by atoms with Crippen molar-refractivity contribution >= 4 is 11.9 Å². The second kappa shape index (κ2) is 13.7. The molecule has 0 saturated carbocycles. The summed E-state index contributed by atoms with van der Waals surface area (Å²) in [5, 5.41) is 23.6. The van der Waals surface area contributed by atoms with Crippen molar-refractivity contribution in [3.63, 3.8) is 0 Å². The van der Waals surface area contributed by atoms with Gasteiger partial charge in [0.1, 0.15) is 36.4 Å². The number of aliphatic hydroxyl groups excluding tert-OH is 1. The summed E-state index contributed by atoms with van der Waals surface area (Å²) < 4.78 is 30.8. The van der Waals surface area contributed by atoms with Crippen LogP contribution in [-0.2, 0) is 33.3 Å². The molecule has 3 saturated heterocycles. The molecule has 0 amide bonds. The number of hydrogen-bond acceptors (Lipinski definition) is 9. The van der Waals surface area contributed by atoms with Crippen LogP contribution in [0.2, 0.25) is 0 Å². The summed E-state index contributed by atoms with van der Waals surface area (Å²) in [6, 6.07) is 0. The van der Waals surface area contributed by atoms with Gasteiger partial charge in [0.2, 0.25) is 0 Å². The molecule has 9 heteroatoms. The third kappa shape index (κ3) is 7.08. The van der Waals surface area contributed by atoms with Gasteiger partial charge in [-0.1, -0.05) is 55.9 Å². The second-order valence-electron chi connectivity index (χ2n) is 13.8. The molecule has 5 aliphatic rings. The minimum absolute atomic E-state index is 0.000603. The molecule has 2 bridgehead atoms. The van der Waals surface area contributed by atoms with E-state index in [1.807, 2.05) is 6.08 Å². The fourth-order valence-electron chi connectivity index (χ4n) is 7.27. The van der Waals surface area contributed by atoms with Crippen molar-refractivity contribution in [3.05, 3.63) is 58.7 Å². The molecule has 2 N–H and O–H groups in total. The van der Waals surface area contributed by atoms with Crippen molar-refractivity contribution in [1.29, 1.82) is 0 Å². The predicted octanol–water partition coefficient (Wildman–Crippen LogP) is 5.02. The van der Waals surface area contributed by atoms with Crippen molar-refractivity contribution in [1.82, 2.24) is 0 Å². The van der Waals surface area contributed by atoms with E-state index in [4.69, 9.17) is 23.7 Å². The molecule has 4 heterocycles. The molecule has 3 fully saturated rings. The van der Waals surface area contributed by atoms with E-state index in [9.17, 15) is 19.8 Å². The fraction of sp³-hybridized carbons (Fsp3) is 0.667. The Labute approximate surface area is 267 Å². The van der Waals surface area contributed by atoms with Crippen LogP contribution in [0.1, 0.15) is 80.1 Å². The first-order valence-electron chi connectivity index (χ1n) is 16.5. The van der Waals surface area contributed by atoms with Crippen LogP contribution in [0.25, 0.3) is 0 Å².